The summed E-state index contributed by atoms with van der Waals surface area (Å²) in [6, 6.07) is 3.01. The number of aliphatic carboxylic acids is 1. The van der Waals surface area contributed by atoms with Gasteiger partial charge in [-0.25, -0.2) is 18.0 Å². The first kappa shape index (κ1) is 23.4. The SMILES string of the molecule is C=CCNC(=O)C1N([C@@](Cc2cccc(F)c2)(C(N)=O)C(=O)O)CC(F)(F)C1(C)C. The van der Waals surface area contributed by atoms with Crippen molar-refractivity contribution in [2.45, 2.75) is 37.8 Å². The van der Waals surface area contributed by atoms with Crippen molar-refractivity contribution in [2.24, 2.45) is 11.1 Å². The van der Waals surface area contributed by atoms with Gasteiger partial charge in [-0.05, 0) is 17.7 Å². The number of carboxylic acids is 1. The summed E-state index contributed by atoms with van der Waals surface area (Å²) in [5, 5.41) is 12.4. The number of halogens is 3. The van der Waals surface area contributed by atoms with Gasteiger partial charge in [-0.15, -0.1) is 6.58 Å². The average Bonchev–Trinajstić information content (AvgIpc) is 2.82. The first-order valence-corrected chi connectivity index (χ1v) is 9.12. The van der Waals surface area contributed by atoms with E-state index < -0.39 is 59.5 Å². The summed E-state index contributed by atoms with van der Waals surface area (Å²) < 4.78 is 43.5. The number of carboxylic acid groups (broad SMARTS) is 1. The minimum Gasteiger partial charge on any atom is -0.479 e. The van der Waals surface area contributed by atoms with Crippen LogP contribution in [0.5, 0.6) is 0 Å². The second-order valence-corrected chi connectivity index (χ2v) is 7.83. The Morgan fingerprint density at radius 3 is 2.53 bits per heavy atom. The molecule has 2 amide bonds. The van der Waals surface area contributed by atoms with Crippen molar-refractivity contribution in [2.75, 3.05) is 13.1 Å². The van der Waals surface area contributed by atoms with E-state index in [1.807, 2.05) is 0 Å². The number of amides is 2. The molecule has 164 valence electrons. The first-order chi connectivity index (χ1) is 13.8. The summed E-state index contributed by atoms with van der Waals surface area (Å²) in [6.45, 7) is 4.41. The van der Waals surface area contributed by atoms with Crippen LogP contribution in [0.1, 0.15) is 19.4 Å². The van der Waals surface area contributed by atoms with E-state index in [-0.39, 0.29) is 12.1 Å². The Labute approximate surface area is 171 Å². The molecule has 10 heteroatoms. The van der Waals surface area contributed by atoms with Crippen LogP contribution in [0.4, 0.5) is 13.2 Å². The number of rotatable bonds is 8. The fourth-order valence-electron chi connectivity index (χ4n) is 3.77. The lowest BCUT2D eigenvalue weighted by atomic mass is 9.79. The number of likely N-dealkylation sites (tertiary alicyclic amines) is 1. The van der Waals surface area contributed by atoms with Gasteiger partial charge in [-0.2, -0.15) is 0 Å². The quantitative estimate of drug-likeness (QED) is 0.428. The molecule has 2 rings (SSSR count). The highest BCUT2D eigenvalue weighted by Gasteiger charge is 2.69. The van der Waals surface area contributed by atoms with Crippen LogP contribution in [0.15, 0.2) is 36.9 Å². The fourth-order valence-corrected chi connectivity index (χ4v) is 3.77. The monoisotopic (exact) mass is 427 g/mol. The highest BCUT2D eigenvalue weighted by Crippen LogP contribution is 2.50. The van der Waals surface area contributed by atoms with Gasteiger partial charge in [0.1, 0.15) is 11.9 Å². The molecule has 1 aliphatic rings. The van der Waals surface area contributed by atoms with Crippen LogP contribution in [0.3, 0.4) is 0 Å². The predicted molar refractivity (Wildman–Crippen MR) is 102 cm³/mol. The number of carbonyl (C=O) groups excluding carboxylic acids is 2. The zero-order chi connectivity index (χ0) is 22.9. The molecule has 30 heavy (non-hydrogen) atoms. The van der Waals surface area contributed by atoms with E-state index in [1.165, 1.54) is 18.2 Å². The van der Waals surface area contributed by atoms with Crippen LogP contribution >= 0.6 is 0 Å². The zero-order valence-electron chi connectivity index (χ0n) is 16.6. The lowest BCUT2D eigenvalue weighted by molar-refractivity contribution is -0.160. The van der Waals surface area contributed by atoms with E-state index in [1.54, 1.807) is 0 Å². The van der Waals surface area contributed by atoms with Crippen LogP contribution in [0.25, 0.3) is 0 Å². The molecule has 0 spiro atoms. The molecule has 0 bridgehead atoms. The lowest BCUT2D eigenvalue weighted by Gasteiger charge is -2.40. The number of hydrogen-bond donors (Lipinski definition) is 3. The van der Waals surface area contributed by atoms with Gasteiger partial charge in [0, 0.05) is 13.0 Å². The van der Waals surface area contributed by atoms with Crippen LogP contribution in [0, 0.1) is 11.2 Å². The summed E-state index contributed by atoms with van der Waals surface area (Å²) in [6.07, 6.45) is 0.625. The molecule has 0 radical (unpaired) electrons. The van der Waals surface area contributed by atoms with Crippen molar-refractivity contribution >= 4 is 17.8 Å². The van der Waals surface area contributed by atoms with Crippen molar-refractivity contribution in [3.63, 3.8) is 0 Å². The summed E-state index contributed by atoms with van der Waals surface area (Å²) in [5.74, 6) is -8.38. The number of nitrogens with two attached hydrogens (primary N) is 1. The molecule has 1 saturated heterocycles. The number of benzene rings is 1. The maximum Gasteiger partial charge on any atom is 0.334 e. The number of alkyl halides is 2. The van der Waals surface area contributed by atoms with Gasteiger partial charge in [0.05, 0.1) is 12.0 Å². The smallest absolute Gasteiger partial charge is 0.334 e. The van der Waals surface area contributed by atoms with Gasteiger partial charge in [0.15, 0.2) is 0 Å². The maximum absolute atomic E-state index is 14.9. The Morgan fingerprint density at radius 1 is 1.40 bits per heavy atom. The molecule has 1 aromatic carbocycles. The van der Waals surface area contributed by atoms with Crippen LogP contribution in [0.2, 0.25) is 0 Å². The van der Waals surface area contributed by atoms with Crippen LogP contribution < -0.4 is 11.1 Å². The van der Waals surface area contributed by atoms with Crippen LogP contribution in [-0.2, 0) is 20.8 Å². The molecule has 0 aromatic heterocycles. The molecular formula is C20H24F3N3O4. The molecule has 1 unspecified atom stereocenters. The third-order valence-corrected chi connectivity index (χ3v) is 5.58. The summed E-state index contributed by atoms with van der Waals surface area (Å²) in [5.41, 5.74) is 0.742. The van der Waals surface area contributed by atoms with Gasteiger partial charge in [-0.3, -0.25) is 14.5 Å². The van der Waals surface area contributed by atoms with Gasteiger partial charge < -0.3 is 16.2 Å². The van der Waals surface area contributed by atoms with Crippen LogP contribution in [-0.4, -0.2) is 58.4 Å². The molecule has 7 nitrogen and oxygen atoms in total. The highest BCUT2D eigenvalue weighted by molar-refractivity contribution is 6.07. The normalized spacial score (nSPS) is 22.1. The Balaban J connectivity index is 2.67. The average molecular weight is 427 g/mol. The van der Waals surface area contributed by atoms with E-state index in [0.717, 1.165) is 26.0 Å². The van der Waals surface area contributed by atoms with Gasteiger partial charge >= 0.3 is 5.97 Å². The molecule has 1 fully saturated rings. The Kier molecular flexibility index (Phi) is 6.31. The van der Waals surface area contributed by atoms with Crippen molar-refractivity contribution < 1.29 is 32.7 Å². The van der Waals surface area contributed by atoms with Gasteiger partial charge in [0.25, 0.3) is 5.92 Å². The fraction of sp³-hybridized carbons (Fsp3) is 0.450. The number of carbonyl (C=O) groups is 3. The Hall–Kier alpha value is -2.88. The number of nitrogens with zero attached hydrogens (tertiary/aromatic N) is 1. The third-order valence-electron chi connectivity index (χ3n) is 5.58. The largest absolute Gasteiger partial charge is 0.479 e. The first-order valence-electron chi connectivity index (χ1n) is 9.12. The molecular weight excluding hydrogens is 403 g/mol. The summed E-state index contributed by atoms with van der Waals surface area (Å²) in [4.78, 5) is 38.2. The topological polar surface area (TPSA) is 113 Å². The van der Waals surface area contributed by atoms with E-state index in [2.05, 4.69) is 11.9 Å². The van der Waals surface area contributed by atoms with Crippen molar-refractivity contribution in [3.05, 3.63) is 48.3 Å². The van der Waals surface area contributed by atoms with Crippen molar-refractivity contribution in [1.29, 1.82) is 0 Å². The summed E-state index contributed by atoms with van der Waals surface area (Å²) >= 11 is 0. The minimum absolute atomic E-state index is 0.0502. The highest BCUT2D eigenvalue weighted by atomic mass is 19.3. The summed E-state index contributed by atoms with van der Waals surface area (Å²) in [7, 11) is 0. The maximum atomic E-state index is 14.9. The second-order valence-electron chi connectivity index (χ2n) is 7.83. The molecule has 0 aliphatic carbocycles. The predicted octanol–water partition coefficient (Wildman–Crippen LogP) is 1.32. The van der Waals surface area contributed by atoms with Gasteiger partial charge in [0.2, 0.25) is 17.4 Å². The lowest BCUT2D eigenvalue weighted by Crippen LogP contribution is -2.68. The molecule has 0 saturated carbocycles. The number of nitrogens with one attached hydrogen (secondary N) is 1. The van der Waals surface area contributed by atoms with E-state index >= 15 is 0 Å². The van der Waals surface area contributed by atoms with E-state index in [9.17, 15) is 32.7 Å². The molecule has 1 aliphatic heterocycles. The minimum atomic E-state index is -3.53. The number of primary amides is 1. The zero-order valence-corrected chi connectivity index (χ0v) is 16.6. The second kappa shape index (κ2) is 8.10. The molecule has 4 N–H and O–H groups in total. The molecule has 1 heterocycles. The van der Waals surface area contributed by atoms with Crippen molar-refractivity contribution in [3.8, 4) is 0 Å². The van der Waals surface area contributed by atoms with E-state index in [4.69, 9.17) is 5.73 Å². The Morgan fingerprint density at radius 2 is 2.03 bits per heavy atom. The molecule has 2 atom stereocenters. The number of hydrogen-bond acceptors (Lipinski definition) is 4. The van der Waals surface area contributed by atoms with Crippen molar-refractivity contribution in [1.82, 2.24) is 10.2 Å². The Bertz CT molecular complexity index is 859. The van der Waals surface area contributed by atoms with E-state index in [0.29, 0.717) is 4.90 Å². The molecule has 1 aromatic rings. The van der Waals surface area contributed by atoms with Gasteiger partial charge in [-0.1, -0.05) is 32.1 Å². The third kappa shape index (κ3) is 3.79. The standard InChI is InChI=1S/C20H24F3N3O4/c1-4-8-25-15(27)14-18(2,3)20(22,23)11-26(14)19(16(24)28,17(29)30)10-12-6-5-7-13(21)9-12/h4-7,9,14H,1,8,10-11H2,2-3H3,(H2,24,28)(H,25,27)(H,29,30)/t14?,19-/m0/s1.